The number of carbonyl (C=O) groups excluding carboxylic acids is 1. The highest BCUT2D eigenvalue weighted by atomic mass is 32.1. The molecule has 4 aromatic rings. The van der Waals surface area contributed by atoms with Crippen LogP contribution in [0.25, 0.3) is 6.08 Å². The van der Waals surface area contributed by atoms with E-state index in [4.69, 9.17) is 9.47 Å². The minimum atomic E-state index is -0.678. The van der Waals surface area contributed by atoms with Crippen molar-refractivity contribution in [1.82, 2.24) is 4.57 Å². The molecular weight excluding hydrogens is 486 g/mol. The zero-order chi connectivity index (χ0) is 25.9. The number of benzene rings is 3. The normalized spacial score (nSPS) is 15.1. The predicted octanol–water partition coefficient (Wildman–Crippen LogP) is 3.89. The van der Waals surface area contributed by atoms with Crippen LogP contribution < -0.4 is 29.7 Å². The molecule has 0 unspecified atom stereocenters. The molecule has 7 nitrogen and oxygen atoms in total. The van der Waals surface area contributed by atoms with E-state index in [0.717, 1.165) is 11.1 Å². The van der Waals surface area contributed by atoms with Gasteiger partial charge in [0.1, 0.15) is 11.5 Å². The van der Waals surface area contributed by atoms with Gasteiger partial charge in [-0.3, -0.25) is 14.2 Å². The first kappa shape index (κ1) is 24.3. The summed E-state index contributed by atoms with van der Waals surface area (Å²) in [6.45, 7) is 1.80. The van der Waals surface area contributed by atoms with Crippen LogP contribution in [0.4, 0.5) is 5.69 Å². The second-order valence-corrected chi connectivity index (χ2v) is 9.46. The van der Waals surface area contributed by atoms with Crippen LogP contribution in [0, 0.1) is 0 Å². The number of nitrogens with one attached hydrogen (secondary N) is 1. The number of amides is 1. The van der Waals surface area contributed by atoms with Crippen molar-refractivity contribution in [3.63, 3.8) is 0 Å². The maximum atomic E-state index is 13.8. The quantitative estimate of drug-likeness (QED) is 0.426. The topological polar surface area (TPSA) is 81.9 Å². The summed E-state index contributed by atoms with van der Waals surface area (Å²) >= 11 is 1.29. The number of rotatable bonds is 6. The van der Waals surface area contributed by atoms with Gasteiger partial charge >= 0.3 is 0 Å². The fourth-order valence-corrected chi connectivity index (χ4v) is 5.39. The molecule has 1 aliphatic heterocycles. The molecule has 0 aliphatic carbocycles. The van der Waals surface area contributed by atoms with E-state index in [2.05, 4.69) is 10.3 Å². The van der Waals surface area contributed by atoms with E-state index in [0.29, 0.717) is 37.8 Å². The van der Waals surface area contributed by atoms with Crippen molar-refractivity contribution in [3.05, 3.63) is 121 Å². The predicted molar refractivity (Wildman–Crippen MR) is 145 cm³/mol. The van der Waals surface area contributed by atoms with Crippen LogP contribution in [0.2, 0.25) is 0 Å². The van der Waals surface area contributed by atoms with Crippen molar-refractivity contribution in [3.8, 4) is 11.5 Å². The lowest BCUT2D eigenvalue weighted by Crippen LogP contribution is -2.40. The molecule has 1 atom stereocenters. The molecule has 0 saturated carbocycles. The highest BCUT2D eigenvalue weighted by molar-refractivity contribution is 7.07. The van der Waals surface area contributed by atoms with Gasteiger partial charge in [-0.25, -0.2) is 4.99 Å². The van der Waals surface area contributed by atoms with Crippen LogP contribution >= 0.6 is 11.3 Å². The largest absolute Gasteiger partial charge is 0.497 e. The van der Waals surface area contributed by atoms with Crippen molar-refractivity contribution in [2.45, 2.75) is 13.0 Å². The Hall–Kier alpha value is -4.43. The van der Waals surface area contributed by atoms with Gasteiger partial charge in [-0.15, -0.1) is 0 Å². The minimum Gasteiger partial charge on any atom is -0.497 e. The van der Waals surface area contributed by atoms with Gasteiger partial charge in [0.25, 0.3) is 11.5 Å². The maximum absolute atomic E-state index is 13.8. The van der Waals surface area contributed by atoms with E-state index in [1.807, 2.05) is 84.9 Å². The third-order valence-corrected chi connectivity index (χ3v) is 7.08. The molecule has 1 N–H and O–H groups in total. The summed E-state index contributed by atoms with van der Waals surface area (Å²) in [6, 6.07) is 23.4. The van der Waals surface area contributed by atoms with Gasteiger partial charge in [-0.1, -0.05) is 53.8 Å². The standard InChI is InChI=1S/C29H25N3O4S/c1-18-25(27(33)31-21-11-5-4-6-12-21)26(20-10-8-14-23(17-20)36-3)32-28(34)24(37-29(32)30-18)16-19-9-7-13-22(15-19)35-2/h4-17,26H,1-3H3,(H,31,33)/b24-16-/t26-/m1/s1. The van der Waals surface area contributed by atoms with Gasteiger partial charge < -0.3 is 14.8 Å². The first-order valence-electron chi connectivity index (χ1n) is 11.7. The molecule has 1 aliphatic rings. The van der Waals surface area contributed by atoms with E-state index in [-0.39, 0.29) is 11.5 Å². The van der Waals surface area contributed by atoms with Crippen LogP contribution in [0.1, 0.15) is 24.1 Å². The Labute approximate surface area is 217 Å². The van der Waals surface area contributed by atoms with E-state index in [9.17, 15) is 9.59 Å². The molecule has 2 heterocycles. The van der Waals surface area contributed by atoms with Gasteiger partial charge in [0.15, 0.2) is 4.80 Å². The number of hydrogen-bond donors (Lipinski definition) is 1. The third-order valence-electron chi connectivity index (χ3n) is 6.10. The number of carbonyl (C=O) groups is 1. The van der Waals surface area contributed by atoms with Crippen LogP contribution in [0.5, 0.6) is 11.5 Å². The summed E-state index contributed by atoms with van der Waals surface area (Å²) in [5, 5.41) is 2.96. The Balaban J connectivity index is 1.68. The van der Waals surface area contributed by atoms with Crippen LogP contribution in [-0.4, -0.2) is 24.7 Å². The van der Waals surface area contributed by atoms with Crippen molar-refractivity contribution in [1.29, 1.82) is 0 Å². The van der Waals surface area contributed by atoms with Crippen LogP contribution in [0.15, 0.2) is 99.9 Å². The average Bonchev–Trinajstić information content (AvgIpc) is 3.22. The molecule has 5 rings (SSSR count). The van der Waals surface area contributed by atoms with E-state index in [1.54, 1.807) is 25.7 Å². The van der Waals surface area contributed by atoms with Crippen molar-refractivity contribution >= 4 is 29.0 Å². The van der Waals surface area contributed by atoms with Crippen molar-refractivity contribution in [2.24, 2.45) is 4.99 Å². The first-order chi connectivity index (χ1) is 18.0. The molecule has 0 spiro atoms. The Bertz CT molecular complexity index is 1690. The SMILES string of the molecule is COc1cccc(/C=c2\sc3n(c2=O)[C@H](c2cccc(OC)c2)C(C(=O)Nc2ccccc2)=C(C)N=3)c1. The Morgan fingerprint density at radius 3 is 2.41 bits per heavy atom. The van der Waals surface area contributed by atoms with Gasteiger partial charge in [0.2, 0.25) is 0 Å². The maximum Gasteiger partial charge on any atom is 0.271 e. The number of aromatic nitrogens is 1. The fourth-order valence-electron chi connectivity index (χ4n) is 4.34. The highest BCUT2D eigenvalue weighted by Gasteiger charge is 2.32. The molecule has 8 heteroatoms. The van der Waals surface area contributed by atoms with Gasteiger partial charge in [0, 0.05) is 5.69 Å². The molecule has 0 fully saturated rings. The second-order valence-electron chi connectivity index (χ2n) is 8.46. The Kier molecular flexibility index (Phi) is 6.74. The lowest BCUT2D eigenvalue weighted by Gasteiger charge is -2.25. The number of methoxy groups -OCH3 is 2. The Morgan fingerprint density at radius 2 is 1.68 bits per heavy atom. The summed E-state index contributed by atoms with van der Waals surface area (Å²) in [4.78, 5) is 32.6. The number of thiazole rings is 1. The fraction of sp³-hybridized carbons (Fsp3) is 0.138. The van der Waals surface area contributed by atoms with Gasteiger partial charge in [0.05, 0.1) is 36.1 Å². The van der Waals surface area contributed by atoms with Gasteiger partial charge in [-0.2, -0.15) is 0 Å². The van der Waals surface area contributed by atoms with Crippen molar-refractivity contribution in [2.75, 3.05) is 19.5 Å². The summed E-state index contributed by atoms with van der Waals surface area (Å²) in [5.74, 6) is 1.02. The van der Waals surface area contributed by atoms with Crippen molar-refractivity contribution < 1.29 is 14.3 Å². The number of fused-ring (bicyclic) bond motifs is 1. The molecule has 1 amide bonds. The molecule has 0 radical (unpaired) electrons. The zero-order valence-electron chi connectivity index (χ0n) is 20.6. The monoisotopic (exact) mass is 511 g/mol. The number of ether oxygens (including phenoxy) is 2. The van der Waals surface area contributed by atoms with E-state index >= 15 is 0 Å². The summed E-state index contributed by atoms with van der Waals surface area (Å²) < 4.78 is 12.9. The summed E-state index contributed by atoms with van der Waals surface area (Å²) in [7, 11) is 3.19. The Morgan fingerprint density at radius 1 is 0.973 bits per heavy atom. The number of hydrogen-bond acceptors (Lipinski definition) is 6. The second kappa shape index (κ2) is 10.3. The molecule has 0 bridgehead atoms. The summed E-state index contributed by atoms with van der Waals surface area (Å²) in [6.07, 6.45) is 1.82. The highest BCUT2D eigenvalue weighted by Crippen LogP contribution is 2.32. The van der Waals surface area contributed by atoms with E-state index in [1.165, 1.54) is 11.3 Å². The third kappa shape index (κ3) is 4.83. The van der Waals surface area contributed by atoms with Crippen LogP contribution in [0.3, 0.4) is 0 Å². The number of anilines is 1. The average molecular weight is 512 g/mol. The smallest absolute Gasteiger partial charge is 0.271 e. The van der Waals surface area contributed by atoms with Crippen LogP contribution in [-0.2, 0) is 4.79 Å². The number of allylic oxidation sites excluding steroid dienone is 1. The molecular formula is C29H25N3O4S. The number of nitrogens with zero attached hydrogens (tertiary/aromatic N) is 2. The minimum absolute atomic E-state index is 0.225. The first-order valence-corrected chi connectivity index (χ1v) is 12.5. The lowest BCUT2D eigenvalue weighted by molar-refractivity contribution is -0.113. The lowest BCUT2D eigenvalue weighted by atomic mass is 9.95. The molecule has 0 saturated heterocycles. The summed E-state index contributed by atoms with van der Waals surface area (Å²) in [5.41, 5.74) is 2.97. The molecule has 1 aromatic heterocycles. The number of para-hydroxylation sites is 1. The van der Waals surface area contributed by atoms with E-state index < -0.39 is 6.04 Å². The van der Waals surface area contributed by atoms with Gasteiger partial charge in [-0.05, 0) is 60.5 Å². The molecule has 37 heavy (non-hydrogen) atoms. The molecule has 3 aromatic carbocycles. The molecule has 186 valence electrons. The zero-order valence-corrected chi connectivity index (χ0v) is 21.4.